The van der Waals surface area contributed by atoms with Gasteiger partial charge in [-0.25, -0.2) is 0 Å². The van der Waals surface area contributed by atoms with Crippen molar-refractivity contribution in [1.82, 2.24) is 9.78 Å². The Kier molecular flexibility index (Phi) is 4.88. The maximum Gasteiger partial charge on any atom is 0.147 e. The molecule has 0 saturated heterocycles. The summed E-state index contributed by atoms with van der Waals surface area (Å²) >= 11 is 1.72. The van der Waals surface area contributed by atoms with Gasteiger partial charge in [0.05, 0.1) is 11.9 Å². The van der Waals surface area contributed by atoms with Crippen LogP contribution in [-0.4, -0.2) is 27.1 Å². The van der Waals surface area contributed by atoms with Crippen molar-refractivity contribution in [2.24, 2.45) is 13.0 Å². The van der Waals surface area contributed by atoms with Gasteiger partial charge in [-0.3, -0.25) is 9.48 Å². The Balaban J connectivity index is 2.24. The summed E-state index contributed by atoms with van der Waals surface area (Å²) in [5.41, 5.74) is 1.01. The zero-order valence-electron chi connectivity index (χ0n) is 9.56. The van der Waals surface area contributed by atoms with E-state index in [0.29, 0.717) is 18.1 Å². The van der Waals surface area contributed by atoms with E-state index in [9.17, 15) is 4.79 Å². The van der Waals surface area contributed by atoms with Gasteiger partial charge in [0, 0.05) is 19.7 Å². The Morgan fingerprint density at radius 2 is 2.33 bits per heavy atom. The number of ketones is 1. The van der Waals surface area contributed by atoms with Gasteiger partial charge in [-0.15, -0.1) is 0 Å². The standard InChI is InChI=1S/C11H18N2OS/c1-9(2)7-15-8-11(14)4-10-5-12-13(3)6-10/h5-6,9H,4,7-8H2,1-3H3. The van der Waals surface area contributed by atoms with Crippen LogP contribution in [0.1, 0.15) is 19.4 Å². The fourth-order valence-corrected chi connectivity index (χ4v) is 2.17. The number of nitrogens with zero attached hydrogens (tertiary/aromatic N) is 2. The van der Waals surface area contributed by atoms with Gasteiger partial charge in [0.2, 0.25) is 0 Å². The van der Waals surface area contributed by atoms with Gasteiger partial charge in [0.1, 0.15) is 5.78 Å². The number of hydrogen-bond donors (Lipinski definition) is 0. The van der Waals surface area contributed by atoms with E-state index in [1.165, 1.54) is 0 Å². The molecule has 0 spiro atoms. The second-order valence-corrected chi connectivity index (χ2v) is 5.18. The lowest BCUT2D eigenvalue weighted by Crippen LogP contribution is -2.06. The second-order valence-electron chi connectivity index (χ2n) is 4.15. The summed E-state index contributed by atoms with van der Waals surface area (Å²) < 4.78 is 1.73. The summed E-state index contributed by atoms with van der Waals surface area (Å²) in [5.74, 6) is 2.61. The van der Waals surface area contributed by atoms with Crippen LogP contribution in [0, 0.1) is 5.92 Å². The van der Waals surface area contributed by atoms with Gasteiger partial charge in [0.15, 0.2) is 0 Å². The molecule has 0 fully saturated rings. The first kappa shape index (κ1) is 12.3. The number of rotatable bonds is 6. The molecule has 1 heterocycles. The number of Topliss-reactive ketones (excluding diaryl/α,β-unsaturated/α-hetero) is 1. The van der Waals surface area contributed by atoms with Crippen molar-refractivity contribution in [3.05, 3.63) is 18.0 Å². The zero-order chi connectivity index (χ0) is 11.3. The van der Waals surface area contributed by atoms with Crippen LogP contribution in [0.15, 0.2) is 12.4 Å². The van der Waals surface area contributed by atoms with E-state index in [1.807, 2.05) is 13.2 Å². The van der Waals surface area contributed by atoms with E-state index in [1.54, 1.807) is 22.6 Å². The summed E-state index contributed by atoms with van der Waals surface area (Å²) in [6.07, 6.45) is 4.16. The molecule has 0 aliphatic heterocycles. The van der Waals surface area contributed by atoms with Crippen molar-refractivity contribution in [2.45, 2.75) is 20.3 Å². The van der Waals surface area contributed by atoms with Gasteiger partial charge in [-0.05, 0) is 17.2 Å². The van der Waals surface area contributed by atoms with Crippen molar-refractivity contribution in [2.75, 3.05) is 11.5 Å². The SMILES string of the molecule is CC(C)CSCC(=O)Cc1cnn(C)c1. The van der Waals surface area contributed by atoms with Crippen molar-refractivity contribution in [1.29, 1.82) is 0 Å². The summed E-state index contributed by atoms with van der Waals surface area (Å²) in [7, 11) is 1.86. The maximum atomic E-state index is 11.5. The fourth-order valence-electron chi connectivity index (χ4n) is 1.25. The molecule has 0 N–H and O–H groups in total. The number of carbonyl (C=O) groups is 1. The largest absolute Gasteiger partial charge is 0.298 e. The van der Waals surface area contributed by atoms with Crippen LogP contribution < -0.4 is 0 Å². The molecule has 4 heteroatoms. The van der Waals surface area contributed by atoms with E-state index >= 15 is 0 Å². The molecule has 3 nitrogen and oxygen atoms in total. The third-order valence-electron chi connectivity index (χ3n) is 1.87. The summed E-state index contributed by atoms with van der Waals surface area (Å²) in [6.45, 7) is 4.33. The van der Waals surface area contributed by atoms with Crippen molar-refractivity contribution in [3.63, 3.8) is 0 Å². The van der Waals surface area contributed by atoms with Crippen molar-refractivity contribution >= 4 is 17.5 Å². The first-order valence-corrected chi connectivity index (χ1v) is 6.30. The molecule has 0 bridgehead atoms. The molecule has 1 aromatic rings. The lowest BCUT2D eigenvalue weighted by atomic mass is 10.2. The number of aryl methyl sites for hydroxylation is 1. The highest BCUT2D eigenvalue weighted by Crippen LogP contribution is 2.09. The molecule has 84 valence electrons. The van der Waals surface area contributed by atoms with E-state index in [2.05, 4.69) is 18.9 Å². The predicted molar refractivity (Wildman–Crippen MR) is 64.1 cm³/mol. The Morgan fingerprint density at radius 3 is 2.87 bits per heavy atom. The van der Waals surface area contributed by atoms with Gasteiger partial charge in [0.25, 0.3) is 0 Å². The number of carbonyl (C=O) groups excluding carboxylic acids is 1. The minimum atomic E-state index is 0.286. The van der Waals surface area contributed by atoms with Crippen LogP contribution in [0.3, 0.4) is 0 Å². The van der Waals surface area contributed by atoms with Crippen LogP contribution >= 0.6 is 11.8 Å². The summed E-state index contributed by atoms with van der Waals surface area (Å²) in [6, 6.07) is 0. The molecular formula is C11H18N2OS. The van der Waals surface area contributed by atoms with Gasteiger partial charge in [-0.2, -0.15) is 16.9 Å². The topological polar surface area (TPSA) is 34.9 Å². The average Bonchev–Trinajstić information content (AvgIpc) is 2.50. The minimum absolute atomic E-state index is 0.286. The normalized spacial score (nSPS) is 10.9. The van der Waals surface area contributed by atoms with E-state index in [0.717, 1.165) is 11.3 Å². The summed E-state index contributed by atoms with van der Waals surface area (Å²) in [5, 5.41) is 4.04. The smallest absolute Gasteiger partial charge is 0.147 e. The van der Waals surface area contributed by atoms with Crippen molar-refractivity contribution in [3.8, 4) is 0 Å². The lowest BCUT2D eigenvalue weighted by Gasteiger charge is -2.02. The molecule has 0 unspecified atom stereocenters. The van der Waals surface area contributed by atoms with E-state index < -0.39 is 0 Å². The zero-order valence-corrected chi connectivity index (χ0v) is 10.4. The third-order valence-corrected chi connectivity index (χ3v) is 3.30. The minimum Gasteiger partial charge on any atom is -0.298 e. The number of thioether (sulfide) groups is 1. The molecule has 0 aliphatic rings. The molecule has 1 aromatic heterocycles. The summed E-state index contributed by atoms with van der Waals surface area (Å²) in [4.78, 5) is 11.5. The van der Waals surface area contributed by atoms with Crippen LogP contribution in [0.5, 0.6) is 0 Å². The molecule has 0 aliphatic carbocycles. The molecule has 0 radical (unpaired) electrons. The monoisotopic (exact) mass is 226 g/mol. The highest BCUT2D eigenvalue weighted by atomic mass is 32.2. The first-order chi connectivity index (χ1) is 7.08. The Labute approximate surface area is 95.2 Å². The number of aromatic nitrogens is 2. The maximum absolute atomic E-state index is 11.5. The van der Waals surface area contributed by atoms with Gasteiger partial charge in [-0.1, -0.05) is 13.8 Å². The van der Waals surface area contributed by atoms with Crippen LogP contribution in [-0.2, 0) is 18.3 Å². The Hall–Kier alpha value is -0.770. The van der Waals surface area contributed by atoms with Crippen molar-refractivity contribution < 1.29 is 4.79 Å². The molecule has 0 amide bonds. The average molecular weight is 226 g/mol. The van der Waals surface area contributed by atoms with Gasteiger partial charge >= 0.3 is 0 Å². The molecule has 15 heavy (non-hydrogen) atoms. The first-order valence-electron chi connectivity index (χ1n) is 5.15. The third kappa shape index (κ3) is 5.02. The molecular weight excluding hydrogens is 208 g/mol. The van der Waals surface area contributed by atoms with Crippen LogP contribution in [0.2, 0.25) is 0 Å². The Morgan fingerprint density at radius 1 is 1.60 bits per heavy atom. The molecule has 0 aromatic carbocycles. The fraction of sp³-hybridized carbons (Fsp3) is 0.636. The van der Waals surface area contributed by atoms with E-state index in [4.69, 9.17) is 0 Å². The molecule has 1 rings (SSSR count). The van der Waals surface area contributed by atoms with Crippen LogP contribution in [0.25, 0.3) is 0 Å². The number of hydrogen-bond acceptors (Lipinski definition) is 3. The molecule has 0 saturated carbocycles. The highest BCUT2D eigenvalue weighted by Gasteiger charge is 2.06. The predicted octanol–water partition coefficient (Wildman–Crippen LogP) is 1.92. The van der Waals surface area contributed by atoms with Gasteiger partial charge < -0.3 is 0 Å². The quantitative estimate of drug-likeness (QED) is 0.743. The second kappa shape index (κ2) is 5.95. The molecule has 0 atom stereocenters. The Bertz CT molecular complexity index is 320. The highest BCUT2D eigenvalue weighted by molar-refractivity contribution is 7.99. The lowest BCUT2D eigenvalue weighted by molar-refractivity contribution is -0.116. The van der Waals surface area contributed by atoms with E-state index in [-0.39, 0.29) is 5.78 Å². The van der Waals surface area contributed by atoms with Crippen LogP contribution in [0.4, 0.5) is 0 Å².